The third kappa shape index (κ3) is 2.97. The molecule has 0 aliphatic carbocycles. The number of carbonyl (C=O) groups is 1. The first kappa shape index (κ1) is 16.1. The summed E-state index contributed by atoms with van der Waals surface area (Å²) in [7, 11) is 3.54. The van der Waals surface area contributed by atoms with Crippen LogP contribution in [0.4, 0.5) is 0 Å². The van der Waals surface area contributed by atoms with E-state index in [2.05, 4.69) is 5.32 Å². The molecule has 124 valence electrons. The largest absolute Gasteiger partial charge is 0.352 e. The molecule has 24 heavy (non-hydrogen) atoms. The van der Waals surface area contributed by atoms with E-state index in [9.17, 15) is 9.59 Å². The van der Waals surface area contributed by atoms with Crippen LogP contribution in [0.1, 0.15) is 21.5 Å². The van der Waals surface area contributed by atoms with Gasteiger partial charge in [0, 0.05) is 26.2 Å². The van der Waals surface area contributed by atoms with Gasteiger partial charge < -0.3 is 5.32 Å². The molecule has 3 rings (SSSR count). The standard InChI is InChI=1S/C19H21N3O2/c1-13-5-4-6-15(11-13)18(23)20-10-9-14-7-8-16-17(12-14)22(3)19(24)21(16)2/h4-8,11-12H,9-10H2,1-3H3,(H,20,23). The molecule has 1 N–H and O–H groups in total. The molecule has 1 heterocycles. The lowest BCUT2D eigenvalue weighted by atomic mass is 10.1. The maximum atomic E-state index is 12.1. The number of hydrogen-bond donors (Lipinski definition) is 1. The first-order valence-corrected chi connectivity index (χ1v) is 7.96. The summed E-state index contributed by atoms with van der Waals surface area (Å²) in [5, 5.41) is 2.94. The van der Waals surface area contributed by atoms with Crippen molar-refractivity contribution in [1.29, 1.82) is 0 Å². The van der Waals surface area contributed by atoms with Crippen molar-refractivity contribution >= 4 is 16.9 Å². The van der Waals surface area contributed by atoms with Crippen LogP contribution < -0.4 is 11.0 Å². The maximum absolute atomic E-state index is 12.1. The van der Waals surface area contributed by atoms with Crippen molar-refractivity contribution in [1.82, 2.24) is 14.5 Å². The minimum absolute atomic E-state index is 0.0325. The summed E-state index contributed by atoms with van der Waals surface area (Å²) < 4.78 is 3.28. The van der Waals surface area contributed by atoms with Gasteiger partial charge in [0.1, 0.15) is 0 Å². The first-order chi connectivity index (χ1) is 11.5. The molecule has 0 atom stereocenters. The van der Waals surface area contributed by atoms with Crippen molar-refractivity contribution in [3.8, 4) is 0 Å². The molecule has 0 aliphatic heterocycles. The third-order valence-corrected chi connectivity index (χ3v) is 4.32. The molecular weight excluding hydrogens is 302 g/mol. The summed E-state index contributed by atoms with van der Waals surface area (Å²) in [6.07, 6.45) is 0.719. The van der Waals surface area contributed by atoms with Crippen molar-refractivity contribution in [3.63, 3.8) is 0 Å². The zero-order valence-corrected chi connectivity index (χ0v) is 14.2. The average Bonchev–Trinajstić information content (AvgIpc) is 2.79. The Kier molecular flexibility index (Phi) is 4.25. The van der Waals surface area contributed by atoms with Gasteiger partial charge in [-0.2, -0.15) is 0 Å². The van der Waals surface area contributed by atoms with Gasteiger partial charge in [0.2, 0.25) is 0 Å². The molecule has 3 aromatic rings. The van der Waals surface area contributed by atoms with Gasteiger partial charge in [-0.1, -0.05) is 23.8 Å². The van der Waals surface area contributed by atoms with E-state index in [1.165, 1.54) is 0 Å². The highest BCUT2D eigenvalue weighted by Crippen LogP contribution is 2.14. The zero-order chi connectivity index (χ0) is 17.3. The van der Waals surface area contributed by atoms with Crippen LogP contribution in [0.2, 0.25) is 0 Å². The lowest BCUT2D eigenvalue weighted by Gasteiger charge is -2.07. The molecule has 0 aliphatic rings. The molecule has 0 saturated heterocycles. The summed E-state index contributed by atoms with van der Waals surface area (Å²) in [5.74, 6) is -0.0631. The van der Waals surface area contributed by atoms with E-state index < -0.39 is 0 Å². The van der Waals surface area contributed by atoms with Crippen molar-refractivity contribution < 1.29 is 4.79 Å². The van der Waals surface area contributed by atoms with Crippen molar-refractivity contribution in [2.24, 2.45) is 14.1 Å². The van der Waals surface area contributed by atoms with E-state index >= 15 is 0 Å². The minimum atomic E-state index is -0.0631. The quantitative estimate of drug-likeness (QED) is 0.800. The van der Waals surface area contributed by atoms with Gasteiger partial charge in [0.15, 0.2) is 0 Å². The fraction of sp³-hybridized carbons (Fsp3) is 0.263. The highest BCUT2D eigenvalue weighted by Gasteiger charge is 2.09. The number of nitrogens with zero attached hydrogens (tertiary/aromatic N) is 2. The first-order valence-electron chi connectivity index (χ1n) is 7.96. The highest BCUT2D eigenvalue weighted by atomic mass is 16.2. The molecule has 2 aromatic carbocycles. The van der Waals surface area contributed by atoms with Crippen LogP contribution in [0.15, 0.2) is 47.3 Å². The average molecular weight is 323 g/mol. The van der Waals surface area contributed by atoms with Crippen molar-refractivity contribution in [2.75, 3.05) is 6.54 Å². The topological polar surface area (TPSA) is 56.0 Å². The number of imidazole rings is 1. The Balaban J connectivity index is 1.69. The molecule has 1 aromatic heterocycles. The summed E-state index contributed by atoms with van der Waals surface area (Å²) >= 11 is 0. The van der Waals surface area contributed by atoms with E-state index in [0.29, 0.717) is 12.1 Å². The number of carbonyl (C=O) groups excluding carboxylic acids is 1. The molecule has 0 bridgehead atoms. The predicted octanol–water partition coefficient (Wildman–Crippen LogP) is 2.16. The number of rotatable bonds is 4. The molecule has 0 spiro atoms. The minimum Gasteiger partial charge on any atom is -0.352 e. The van der Waals surface area contributed by atoms with Gasteiger partial charge in [-0.25, -0.2) is 4.79 Å². The molecule has 0 unspecified atom stereocenters. The predicted molar refractivity (Wildman–Crippen MR) is 95.4 cm³/mol. The lowest BCUT2D eigenvalue weighted by Crippen LogP contribution is -2.25. The second kappa shape index (κ2) is 6.35. The number of fused-ring (bicyclic) bond motifs is 1. The van der Waals surface area contributed by atoms with Crippen LogP contribution in [0, 0.1) is 6.92 Å². The normalized spacial score (nSPS) is 11.0. The van der Waals surface area contributed by atoms with Crippen LogP contribution in [-0.4, -0.2) is 21.6 Å². The number of aryl methyl sites for hydroxylation is 3. The molecular formula is C19H21N3O2. The maximum Gasteiger partial charge on any atom is 0.328 e. The van der Waals surface area contributed by atoms with Crippen LogP contribution >= 0.6 is 0 Å². The smallest absolute Gasteiger partial charge is 0.328 e. The Hall–Kier alpha value is -2.82. The van der Waals surface area contributed by atoms with Crippen molar-refractivity contribution in [3.05, 3.63) is 69.6 Å². The number of benzene rings is 2. The molecule has 0 saturated carbocycles. The number of hydrogen-bond acceptors (Lipinski definition) is 2. The second-order valence-corrected chi connectivity index (χ2v) is 6.10. The Morgan fingerprint density at radius 2 is 1.79 bits per heavy atom. The van der Waals surface area contributed by atoms with E-state index in [4.69, 9.17) is 0 Å². The fourth-order valence-electron chi connectivity index (χ4n) is 2.92. The molecule has 1 amide bonds. The van der Waals surface area contributed by atoms with Crippen LogP contribution in [0.3, 0.4) is 0 Å². The Bertz CT molecular complexity index is 966. The third-order valence-electron chi connectivity index (χ3n) is 4.32. The molecule has 0 radical (unpaired) electrons. The summed E-state index contributed by atoms with van der Waals surface area (Å²) in [6, 6.07) is 13.5. The highest BCUT2D eigenvalue weighted by molar-refractivity contribution is 5.94. The van der Waals surface area contributed by atoms with Crippen LogP contribution in [-0.2, 0) is 20.5 Å². The summed E-state index contributed by atoms with van der Waals surface area (Å²) in [4.78, 5) is 24.1. The van der Waals surface area contributed by atoms with Crippen molar-refractivity contribution in [2.45, 2.75) is 13.3 Å². The monoisotopic (exact) mass is 323 g/mol. The number of amides is 1. The van der Waals surface area contributed by atoms with E-state index in [1.807, 2.05) is 49.4 Å². The zero-order valence-electron chi connectivity index (χ0n) is 14.2. The molecule has 0 fully saturated rings. The lowest BCUT2D eigenvalue weighted by molar-refractivity contribution is 0.0954. The van der Waals surface area contributed by atoms with E-state index in [0.717, 1.165) is 28.6 Å². The van der Waals surface area contributed by atoms with E-state index in [1.54, 1.807) is 23.2 Å². The number of aromatic nitrogens is 2. The van der Waals surface area contributed by atoms with Gasteiger partial charge >= 0.3 is 5.69 Å². The van der Waals surface area contributed by atoms with Crippen LogP contribution in [0.25, 0.3) is 11.0 Å². The molecule has 5 heteroatoms. The summed E-state index contributed by atoms with van der Waals surface area (Å²) in [5.41, 5.74) is 4.62. The van der Waals surface area contributed by atoms with Gasteiger partial charge in [-0.15, -0.1) is 0 Å². The Morgan fingerprint density at radius 1 is 1.04 bits per heavy atom. The van der Waals surface area contributed by atoms with Gasteiger partial charge in [-0.05, 0) is 43.2 Å². The fourth-order valence-corrected chi connectivity index (χ4v) is 2.92. The van der Waals surface area contributed by atoms with Gasteiger partial charge in [0.25, 0.3) is 5.91 Å². The number of nitrogens with one attached hydrogen (secondary N) is 1. The second-order valence-electron chi connectivity index (χ2n) is 6.10. The molecule has 5 nitrogen and oxygen atoms in total. The van der Waals surface area contributed by atoms with E-state index in [-0.39, 0.29) is 11.6 Å². The Morgan fingerprint density at radius 3 is 2.54 bits per heavy atom. The summed E-state index contributed by atoms with van der Waals surface area (Å²) in [6.45, 7) is 2.52. The Labute approximate surface area is 140 Å². The SMILES string of the molecule is Cc1cccc(C(=O)NCCc2ccc3c(c2)n(C)c(=O)n3C)c1. The van der Waals surface area contributed by atoms with Crippen LogP contribution in [0.5, 0.6) is 0 Å². The van der Waals surface area contributed by atoms with Gasteiger partial charge in [-0.3, -0.25) is 13.9 Å². The van der Waals surface area contributed by atoms with Gasteiger partial charge in [0.05, 0.1) is 11.0 Å².